The van der Waals surface area contributed by atoms with E-state index in [0.29, 0.717) is 17.8 Å². The Labute approximate surface area is 129 Å². The minimum absolute atomic E-state index is 0.247. The minimum Gasteiger partial charge on any atom is -0.366 e. The molecule has 5 nitrogen and oxygen atoms in total. The zero-order valence-electron chi connectivity index (χ0n) is 12.7. The summed E-state index contributed by atoms with van der Waals surface area (Å²) in [5, 5.41) is 2.76. The van der Waals surface area contributed by atoms with Gasteiger partial charge in [0.05, 0.1) is 0 Å². The van der Waals surface area contributed by atoms with Crippen molar-refractivity contribution in [3.8, 4) is 0 Å². The largest absolute Gasteiger partial charge is 0.366 e. The average Bonchev–Trinajstić information content (AvgIpc) is 2.49. The van der Waals surface area contributed by atoms with Crippen molar-refractivity contribution in [3.05, 3.63) is 65.2 Å². The standard InChI is InChI=1S/C17H19N3O2/c1-12-8-9-14(10-15(12)16(18)21)19-17(22)20(2)11-13-6-4-3-5-7-13/h3-10H,11H2,1-2H3,(H2,18,21)(H,19,22). The van der Waals surface area contributed by atoms with Crippen molar-refractivity contribution in [2.24, 2.45) is 5.73 Å². The molecule has 0 unspecified atom stereocenters. The molecule has 2 aromatic carbocycles. The van der Waals surface area contributed by atoms with Gasteiger partial charge in [0.25, 0.3) is 0 Å². The summed E-state index contributed by atoms with van der Waals surface area (Å²) in [6.07, 6.45) is 0. The fraction of sp³-hybridized carbons (Fsp3) is 0.176. The molecule has 0 aliphatic heterocycles. The summed E-state index contributed by atoms with van der Waals surface area (Å²) in [5.41, 5.74) is 8.09. The monoisotopic (exact) mass is 297 g/mol. The molecule has 2 aromatic rings. The van der Waals surface area contributed by atoms with Gasteiger partial charge in [-0.05, 0) is 30.2 Å². The van der Waals surface area contributed by atoms with Crippen LogP contribution in [0.2, 0.25) is 0 Å². The van der Waals surface area contributed by atoms with Gasteiger partial charge in [0.15, 0.2) is 0 Å². The zero-order valence-corrected chi connectivity index (χ0v) is 12.7. The Balaban J connectivity index is 2.05. The normalized spacial score (nSPS) is 10.1. The van der Waals surface area contributed by atoms with Gasteiger partial charge in [-0.25, -0.2) is 4.79 Å². The van der Waals surface area contributed by atoms with Crippen molar-refractivity contribution in [3.63, 3.8) is 0 Å². The van der Waals surface area contributed by atoms with Gasteiger partial charge in [-0.2, -0.15) is 0 Å². The number of nitrogens with zero attached hydrogens (tertiary/aromatic N) is 1. The van der Waals surface area contributed by atoms with Crippen LogP contribution in [-0.4, -0.2) is 23.9 Å². The Morgan fingerprint density at radius 2 is 1.82 bits per heavy atom. The molecule has 0 spiro atoms. The first-order valence-electron chi connectivity index (χ1n) is 6.94. The Kier molecular flexibility index (Phi) is 4.78. The summed E-state index contributed by atoms with van der Waals surface area (Å²) in [6.45, 7) is 2.30. The maximum Gasteiger partial charge on any atom is 0.321 e. The Bertz CT molecular complexity index is 684. The molecule has 5 heteroatoms. The second-order valence-electron chi connectivity index (χ2n) is 5.17. The highest BCUT2D eigenvalue weighted by Gasteiger charge is 2.11. The van der Waals surface area contributed by atoms with Crippen LogP contribution in [0.25, 0.3) is 0 Å². The first kappa shape index (κ1) is 15.6. The molecule has 22 heavy (non-hydrogen) atoms. The highest BCUT2D eigenvalue weighted by atomic mass is 16.2. The topological polar surface area (TPSA) is 75.4 Å². The lowest BCUT2D eigenvalue weighted by molar-refractivity contribution is 0.0999. The van der Waals surface area contributed by atoms with Gasteiger partial charge in [-0.3, -0.25) is 4.79 Å². The summed E-state index contributed by atoms with van der Waals surface area (Å²) >= 11 is 0. The molecule has 0 aromatic heterocycles. The fourth-order valence-electron chi connectivity index (χ4n) is 2.11. The third-order valence-corrected chi connectivity index (χ3v) is 3.36. The number of anilines is 1. The molecule has 0 fully saturated rings. The molecule has 114 valence electrons. The van der Waals surface area contributed by atoms with Crippen molar-refractivity contribution in [2.45, 2.75) is 13.5 Å². The molecule has 0 saturated heterocycles. The van der Waals surface area contributed by atoms with Crippen molar-refractivity contribution in [2.75, 3.05) is 12.4 Å². The summed E-state index contributed by atoms with van der Waals surface area (Å²) in [5.74, 6) is -0.508. The predicted molar refractivity (Wildman–Crippen MR) is 86.6 cm³/mol. The van der Waals surface area contributed by atoms with Crippen LogP contribution in [0.5, 0.6) is 0 Å². The maximum atomic E-state index is 12.2. The zero-order chi connectivity index (χ0) is 16.1. The van der Waals surface area contributed by atoms with Gasteiger partial charge in [-0.15, -0.1) is 0 Å². The van der Waals surface area contributed by atoms with E-state index in [0.717, 1.165) is 11.1 Å². The van der Waals surface area contributed by atoms with Crippen LogP contribution in [0, 0.1) is 6.92 Å². The molecule has 0 aliphatic carbocycles. The van der Waals surface area contributed by atoms with Crippen molar-refractivity contribution in [1.82, 2.24) is 4.90 Å². The maximum absolute atomic E-state index is 12.2. The molecule has 0 saturated carbocycles. The molecule has 0 aliphatic rings. The molecule has 0 radical (unpaired) electrons. The van der Waals surface area contributed by atoms with Crippen LogP contribution in [0.4, 0.5) is 10.5 Å². The van der Waals surface area contributed by atoms with Crippen LogP contribution in [0.3, 0.4) is 0 Å². The van der Waals surface area contributed by atoms with Gasteiger partial charge in [0.2, 0.25) is 5.91 Å². The number of benzene rings is 2. The summed E-state index contributed by atoms with van der Waals surface area (Å²) in [6, 6.07) is 14.6. The fourth-order valence-corrected chi connectivity index (χ4v) is 2.11. The van der Waals surface area contributed by atoms with Gasteiger partial charge in [0, 0.05) is 24.8 Å². The minimum atomic E-state index is -0.508. The second kappa shape index (κ2) is 6.76. The number of nitrogens with two attached hydrogens (primary N) is 1. The summed E-state index contributed by atoms with van der Waals surface area (Å²) in [4.78, 5) is 25.1. The van der Waals surface area contributed by atoms with Crippen molar-refractivity contribution >= 4 is 17.6 Å². The molecule has 3 N–H and O–H groups in total. The van der Waals surface area contributed by atoms with E-state index in [9.17, 15) is 9.59 Å². The van der Waals surface area contributed by atoms with E-state index in [1.54, 1.807) is 37.1 Å². The number of hydrogen-bond acceptors (Lipinski definition) is 2. The lowest BCUT2D eigenvalue weighted by Crippen LogP contribution is -2.31. The highest BCUT2D eigenvalue weighted by Crippen LogP contribution is 2.15. The lowest BCUT2D eigenvalue weighted by atomic mass is 10.1. The third-order valence-electron chi connectivity index (χ3n) is 3.36. The number of urea groups is 1. The first-order valence-corrected chi connectivity index (χ1v) is 6.94. The third kappa shape index (κ3) is 3.85. The summed E-state index contributed by atoms with van der Waals surface area (Å²) in [7, 11) is 1.71. The number of hydrogen-bond donors (Lipinski definition) is 2. The van der Waals surface area contributed by atoms with E-state index >= 15 is 0 Å². The molecule has 0 heterocycles. The van der Waals surface area contributed by atoms with Crippen molar-refractivity contribution < 1.29 is 9.59 Å². The number of aryl methyl sites for hydroxylation is 1. The number of amides is 3. The molecule has 0 atom stereocenters. The number of primary amides is 1. The van der Waals surface area contributed by atoms with Crippen LogP contribution >= 0.6 is 0 Å². The second-order valence-corrected chi connectivity index (χ2v) is 5.17. The smallest absolute Gasteiger partial charge is 0.321 e. The lowest BCUT2D eigenvalue weighted by Gasteiger charge is -2.18. The number of carbonyl (C=O) groups is 2. The number of carbonyl (C=O) groups excluding carboxylic acids is 2. The van der Waals surface area contributed by atoms with E-state index in [-0.39, 0.29) is 6.03 Å². The van der Waals surface area contributed by atoms with Crippen molar-refractivity contribution in [1.29, 1.82) is 0 Å². The summed E-state index contributed by atoms with van der Waals surface area (Å²) < 4.78 is 0. The molecule has 0 bridgehead atoms. The molecular weight excluding hydrogens is 278 g/mol. The highest BCUT2D eigenvalue weighted by molar-refractivity contribution is 5.97. The molecule has 3 amide bonds. The predicted octanol–water partition coefficient (Wildman–Crippen LogP) is 2.76. The van der Waals surface area contributed by atoms with Gasteiger partial charge < -0.3 is 16.0 Å². The quantitative estimate of drug-likeness (QED) is 0.910. The molecular formula is C17H19N3O2. The van der Waals surface area contributed by atoms with Gasteiger partial charge >= 0.3 is 6.03 Å². The number of rotatable bonds is 4. The van der Waals surface area contributed by atoms with Crippen LogP contribution in [0.15, 0.2) is 48.5 Å². The van der Waals surface area contributed by atoms with Crippen LogP contribution < -0.4 is 11.1 Å². The van der Waals surface area contributed by atoms with Gasteiger partial charge in [0.1, 0.15) is 0 Å². The van der Waals surface area contributed by atoms with Crippen LogP contribution in [0.1, 0.15) is 21.5 Å². The average molecular weight is 297 g/mol. The Hall–Kier alpha value is -2.82. The van der Waals surface area contributed by atoms with E-state index in [2.05, 4.69) is 5.32 Å². The van der Waals surface area contributed by atoms with Crippen LogP contribution in [-0.2, 0) is 6.54 Å². The van der Waals surface area contributed by atoms with E-state index in [4.69, 9.17) is 5.73 Å². The number of nitrogens with one attached hydrogen (secondary N) is 1. The first-order chi connectivity index (χ1) is 10.5. The SMILES string of the molecule is Cc1ccc(NC(=O)N(C)Cc2ccccc2)cc1C(N)=O. The van der Waals surface area contributed by atoms with E-state index < -0.39 is 5.91 Å². The Morgan fingerprint density at radius 3 is 2.45 bits per heavy atom. The Morgan fingerprint density at radius 1 is 1.14 bits per heavy atom. The van der Waals surface area contributed by atoms with E-state index in [1.165, 1.54) is 0 Å². The van der Waals surface area contributed by atoms with E-state index in [1.807, 2.05) is 30.3 Å². The van der Waals surface area contributed by atoms with Gasteiger partial charge in [-0.1, -0.05) is 36.4 Å². The molecule has 2 rings (SSSR count).